The Balaban J connectivity index is 1.57. The molecule has 1 aromatic carbocycles. The number of amides is 1. The zero-order valence-electron chi connectivity index (χ0n) is 15.3. The summed E-state index contributed by atoms with van der Waals surface area (Å²) in [6.07, 6.45) is 2.86. The maximum absolute atomic E-state index is 13.3. The Kier molecular flexibility index (Phi) is 5.23. The van der Waals surface area contributed by atoms with Crippen LogP contribution in [0.3, 0.4) is 0 Å². The van der Waals surface area contributed by atoms with Gasteiger partial charge in [0.05, 0.1) is 11.0 Å². The van der Waals surface area contributed by atoms with Crippen molar-refractivity contribution in [1.82, 2.24) is 15.1 Å². The highest BCUT2D eigenvalue weighted by atomic mass is 79.9. The van der Waals surface area contributed by atoms with Gasteiger partial charge in [0.1, 0.15) is 5.82 Å². The van der Waals surface area contributed by atoms with Gasteiger partial charge in [0.25, 0.3) is 5.89 Å². The number of halogens is 1. The number of aromatic nitrogens is 3. The van der Waals surface area contributed by atoms with Crippen LogP contribution in [0.2, 0.25) is 0 Å². The second-order valence-electron chi connectivity index (χ2n) is 6.73. The van der Waals surface area contributed by atoms with Crippen molar-refractivity contribution in [2.24, 2.45) is 0 Å². The van der Waals surface area contributed by atoms with Crippen molar-refractivity contribution in [1.29, 1.82) is 0 Å². The van der Waals surface area contributed by atoms with Crippen LogP contribution in [0.25, 0.3) is 11.5 Å². The highest BCUT2D eigenvalue weighted by Crippen LogP contribution is 2.36. The lowest BCUT2D eigenvalue weighted by Gasteiger charge is -2.36. The average Bonchev–Trinajstić information content (AvgIpc) is 3.16. The van der Waals surface area contributed by atoms with Gasteiger partial charge in [-0.2, -0.15) is 4.98 Å². The zero-order valence-corrected chi connectivity index (χ0v) is 16.9. The summed E-state index contributed by atoms with van der Waals surface area (Å²) in [5.74, 6) is 1.36. The first kappa shape index (κ1) is 18.8. The molecule has 1 fully saturated rings. The van der Waals surface area contributed by atoms with E-state index in [1.165, 1.54) is 0 Å². The van der Waals surface area contributed by atoms with E-state index >= 15 is 0 Å². The molecule has 1 saturated heterocycles. The van der Waals surface area contributed by atoms with Gasteiger partial charge in [-0.15, -0.1) is 0 Å². The molecule has 0 spiro atoms. The van der Waals surface area contributed by atoms with E-state index in [0.717, 1.165) is 10.0 Å². The summed E-state index contributed by atoms with van der Waals surface area (Å²) in [7, 11) is 0. The third-order valence-corrected chi connectivity index (χ3v) is 5.49. The number of benzene rings is 1. The Hall–Kier alpha value is -2.58. The van der Waals surface area contributed by atoms with Crippen LogP contribution < -0.4 is 5.32 Å². The largest absolute Gasteiger partial charge is 0.381 e. The number of ether oxygens (including phenoxy) is 1. The molecule has 3 aromatic rings. The van der Waals surface area contributed by atoms with Gasteiger partial charge in [-0.1, -0.05) is 33.2 Å². The Morgan fingerprint density at radius 2 is 1.89 bits per heavy atom. The van der Waals surface area contributed by atoms with Crippen LogP contribution in [0.4, 0.5) is 5.82 Å². The Morgan fingerprint density at radius 1 is 1.14 bits per heavy atom. The van der Waals surface area contributed by atoms with Crippen molar-refractivity contribution in [2.75, 3.05) is 18.5 Å². The van der Waals surface area contributed by atoms with E-state index in [4.69, 9.17) is 9.26 Å². The number of pyridine rings is 1. The van der Waals surface area contributed by atoms with Crippen molar-refractivity contribution in [3.05, 3.63) is 58.5 Å². The molecule has 28 heavy (non-hydrogen) atoms. The van der Waals surface area contributed by atoms with Gasteiger partial charge in [0, 0.05) is 23.9 Å². The predicted molar refractivity (Wildman–Crippen MR) is 107 cm³/mol. The molecule has 144 valence electrons. The number of hydrogen-bond acceptors (Lipinski definition) is 6. The van der Waals surface area contributed by atoms with Crippen LogP contribution in [0.5, 0.6) is 0 Å². The average molecular weight is 443 g/mol. The minimum absolute atomic E-state index is 0.0768. The Morgan fingerprint density at radius 3 is 2.50 bits per heavy atom. The van der Waals surface area contributed by atoms with Crippen molar-refractivity contribution < 1.29 is 14.1 Å². The Bertz CT molecular complexity index is 964. The minimum atomic E-state index is -0.636. The molecule has 1 aliphatic heterocycles. The molecule has 0 radical (unpaired) electrons. The van der Waals surface area contributed by atoms with E-state index in [0.29, 0.717) is 49.2 Å². The molecule has 1 aliphatic rings. The third-order valence-electron chi connectivity index (χ3n) is 4.96. The molecule has 0 saturated carbocycles. The van der Waals surface area contributed by atoms with Crippen molar-refractivity contribution in [3.63, 3.8) is 0 Å². The smallest absolute Gasteiger partial charge is 0.259 e. The lowest BCUT2D eigenvalue weighted by molar-refractivity contribution is -0.125. The van der Waals surface area contributed by atoms with Crippen molar-refractivity contribution >= 4 is 27.7 Å². The third kappa shape index (κ3) is 3.70. The molecule has 0 atom stereocenters. The number of hydrogen-bond donors (Lipinski definition) is 1. The summed E-state index contributed by atoms with van der Waals surface area (Å²) in [6.45, 7) is 2.85. The lowest BCUT2D eigenvalue weighted by Crippen LogP contribution is -2.45. The molecule has 0 bridgehead atoms. The van der Waals surface area contributed by atoms with Crippen molar-refractivity contribution in [2.45, 2.75) is 25.2 Å². The molecular weight excluding hydrogens is 424 g/mol. The van der Waals surface area contributed by atoms with Crippen LogP contribution in [0.1, 0.15) is 24.2 Å². The zero-order chi connectivity index (χ0) is 19.6. The molecule has 1 N–H and O–H groups in total. The Labute approximate surface area is 170 Å². The first-order chi connectivity index (χ1) is 13.6. The van der Waals surface area contributed by atoms with Gasteiger partial charge in [-0.05, 0) is 49.6 Å². The van der Waals surface area contributed by atoms with Gasteiger partial charge in [-0.3, -0.25) is 4.79 Å². The second-order valence-corrected chi connectivity index (χ2v) is 7.65. The first-order valence-electron chi connectivity index (χ1n) is 8.99. The molecule has 7 nitrogen and oxygen atoms in total. The van der Waals surface area contributed by atoms with Crippen LogP contribution in [0, 0.1) is 6.92 Å². The van der Waals surface area contributed by atoms with E-state index in [1.54, 1.807) is 25.3 Å². The number of carbonyl (C=O) groups excluding carboxylic acids is 1. The summed E-state index contributed by atoms with van der Waals surface area (Å²) in [5, 5.41) is 6.74. The molecular formula is C20H19BrN4O3. The molecule has 0 unspecified atom stereocenters. The predicted octanol–water partition coefficient (Wildman–Crippen LogP) is 3.89. The van der Waals surface area contributed by atoms with Gasteiger partial charge in [-0.25, -0.2) is 4.98 Å². The van der Waals surface area contributed by atoms with E-state index in [2.05, 4.69) is 36.4 Å². The van der Waals surface area contributed by atoms with E-state index in [9.17, 15) is 4.79 Å². The minimum Gasteiger partial charge on any atom is -0.381 e. The van der Waals surface area contributed by atoms with Gasteiger partial charge in [0.2, 0.25) is 5.91 Å². The fourth-order valence-electron chi connectivity index (χ4n) is 3.38. The number of rotatable bonds is 4. The number of anilines is 1. The summed E-state index contributed by atoms with van der Waals surface area (Å²) >= 11 is 3.45. The fraction of sp³-hybridized carbons (Fsp3) is 0.300. The highest BCUT2D eigenvalue weighted by molar-refractivity contribution is 9.10. The molecule has 3 heterocycles. The standard InChI is InChI=1S/C20H19BrN4O3/c1-13-23-18(28-25-13)14-2-7-17(22-12-14)24-19(26)20(8-10-27-11-9-20)15-3-5-16(21)6-4-15/h2-7,12H,8-11H2,1H3,(H,22,24,26). The summed E-state index contributed by atoms with van der Waals surface area (Å²) in [5.41, 5.74) is 1.05. The van der Waals surface area contributed by atoms with Gasteiger partial charge in [0.15, 0.2) is 5.82 Å². The first-order valence-corrected chi connectivity index (χ1v) is 9.78. The number of nitrogens with one attached hydrogen (secondary N) is 1. The van der Waals surface area contributed by atoms with Crippen LogP contribution in [-0.4, -0.2) is 34.2 Å². The van der Waals surface area contributed by atoms with Gasteiger partial charge < -0.3 is 14.6 Å². The number of nitrogens with zero attached hydrogens (tertiary/aromatic N) is 3. The number of aryl methyl sites for hydroxylation is 1. The molecule has 2 aromatic heterocycles. The van der Waals surface area contributed by atoms with Crippen molar-refractivity contribution in [3.8, 4) is 11.5 Å². The maximum Gasteiger partial charge on any atom is 0.259 e. The molecule has 0 aliphatic carbocycles. The topological polar surface area (TPSA) is 90.1 Å². The normalized spacial score (nSPS) is 15.9. The number of carbonyl (C=O) groups is 1. The second kappa shape index (κ2) is 7.81. The summed E-state index contributed by atoms with van der Waals surface area (Å²) in [6, 6.07) is 11.4. The van der Waals surface area contributed by atoms with E-state index < -0.39 is 5.41 Å². The monoisotopic (exact) mass is 442 g/mol. The van der Waals surface area contributed by atoms with Crippen LogP contribution >= 0.6 is 15.9 Å². The molecule has 8 heteroatoms. The van der Waals surface area contributed by atoms with E-state index in [1.807, 2.05) is 24.3 Å². The summed E-state index contributed by atoms with van der Waals surface area (Å²) in [4.78, 5) is 21.8. The van der Waals surface area contributed by atoms with Crippen LogP contribution in [-0.2, 0) is 14.9 Å². The molecule has 4 rings (SSSR count). The van der Waals surface area contributed by atoms with Crippen LogP contribution in [0.15, 0.2) is 51.6 Å². The molecule has 1 amide bonds. The summed E-state index contributed by atoms with van der Waals surface area (Å²) < 4.78 is 11.6. The highest BCUT2D eigenvalue weighted by Gasteiger charge is 2.41. The lowest BCUT2D eigenvalue weighted by atomic mass is 9.73. The quantitative estimate of drug-likeness (QED) is 0.658. The van der Waals surface area contributed by atoms with E-state index in [-0.39, 0.29) is 5.91 Å². The SMILES string of the molecule is Cc1noc(-c2ccc(NC(=O)C3(c4ccc(Br)cc4)CCOCC3)nc2)n1. The maximum atomic E-state index is 13.3. The fourth-order valence-corrected chi connectivity index (χ4v) is 3.64. The van der Waals surface area contributed by atoms with Gasteiger partial charge >= 0.3 is 0 Å².